The molecule has 0 unspecified atom stereocenters. The second-order valence-corrected chi connectivity index (χ2v) is 29.8. The Balaban J connectivity index is 0.000000132. The van der Waals surface area contributed by atoms with Gasteiger partial charge in [0.1, 0.15) is 35.3 Å². The van der Waals surface area contributed by atoms with Crippen molar-refractivity contribution in [2.75, 3.05) is 32.6 Å². The molecule has 18 rings (SSSR count). The number of pyridine rings is 4. The lowest BCUT2D eigenvalue weighted by atomic mass is 10.2. The topological polar surface area (TPSA) is 356 Å². The van der Waals surface area contributed by atoms with Crippen molar-refractivity contribution in [2.45, 2.75) is 76.2 Å². The zero-order chi connectivity index (χ0) is 91.5. The van der Waals surface area contributed by atoms with Gasteiger partial charge in [0, 0.05) is 73.1 Å². The molecule has 0 aliphatic carbocycles. The summed E-state index contributed by atoms with van der Waals surface area (Å²) in [7, 11) is 11.5. The summed E-state index contributed by atoms with van der Waals surface area (Å²) in [5.41, 5.74) is 41.9. The maximum atomic E-state index is 13.6. The molecule has 12 aromatic heterocycles. The number of halogens is 4. The van der Waals surface area contributed by atoms with Crippen LogP contribution in [0.3, 0.4) is 0 Å². The van der Waals surface area contributed by atoms with Gasteiger partial charge >= 0.3 is 0 Å². The molecule has 6 N–H and O–H groups in total. The molecule has 6 aromatic carbocycles. The van der Waals surface area contributed by atoms with E-state index in [0.717, 1.165) is 95.3 Å². The van der Waals surface area contributed by atoms with Crippen LogP contribution < -0.4 is 32.6 Å². The van der Waals surface area contributed by atoms with Crippen LogP contribution in [0, 0.1) is 57.9 Å². The largest absolute Gasteiger partial charge is 0.312 e. The first-order valence-corrected chi connectivity index (χ1v) is 40.5. The van der Waals surface area contributed by atoms with Crippen LogP contribution in [-0.2, 0) is 42.3 Å². The van der Waals surface area contributed by atoms with E-state index in [4.69, 9.17) is 0 Å². The molecule has 0 atom stereocenters. The van der Waals surface area contributed by atoms with Gasteiger partial charge in [-0.25, -0.2) is 100.0 Å². The van der Waals surface area contributed by atoms with Crippen molar-refractivity contribution in [3.05, 3.63) is 311 Å². The SMILES string of the molecule is C/C(=N\Nc1nc2cc(C)ccc2n1C)c1ccc(F)cn1.C/C(=N\Nc1nc2cc(C)ccc2n1C)c1ccccn1.C/C(=N\Nc1nc2cc(C)ccc2n1C)c1ccncn1.C/C(=N\Nc1nc2cc(C)ccc2n1C)c1ncccn1.C/C(=N\Nc1nc2cc(F)c(C)cc2n1C)c1ccc(F)cn1.C/C(=N\Nc1nc2ccccc2n1C)c1ccc(F)cn1. The van der Waals surface area contributed by atoms with Gasteiger partial charge in [0.25, 0.3) is 0 Å². The highest BCUT2D eigenvalue weighted by Gasteiger charge is 2.16. The van der Waals surface area contributed by atoms with E-state index >= 15 is 0 Å². The zero-order valence-electron chi connectivity index (χ0n) is 74.0. The van der Waals surface area contributed by atoms with E-state index in [1.807, 2.05) is 160 Å². The van der Waals surface area contributed by atoms with Crippen molar-refractivity contribution >= 4 is 136 Å². The molecule has 0 fully saturated rings. The van der Waals surface area contributed by atoms with Crippen molar-refractivity contribution in [2.24, 2.45) is 72.9 Å². The number of benzene rings is 6. The number of hydrazone groups is 6. The fraction of sp³-hybridized carbons (Fsp3) is 0.183. The maximum absolute atomic E-state index is 13.6. The number of hydrogen-bond acceptors (Lipinski definition) is 26. The van der Waals surface area contributed by atoms with Crippen LogP contribution in [0.25, 0.3) is 66.2 Å². The molecule has 36 heteroatoms. The summed E-state index contributed by atoms with van der Waals surface area (Å²) in [6.45, 7) is 20.9. The molecule has 0 spiro atoms. The lowest BCUT2D eigenvalue weighted by molar-refractivity contribution is 0.620. The summed E-state index contributed by atoms with van der Waals surface area (Å²) >= 11 is 0. The average Bonchev–Trinajstić information content (AvgIpc) is 1.65. The van der Waals surface area contributed by atoms with Crippen LogP contribution in [0.5, 0.6) is 0 Å². The number of nitrogens with one attached hydrogen (secondary N) is 6. The zero-order valence-corrected chi connectivity index (χ0v) is 74.0. The third-order valence-electron chi connectivity index (χ3n) is 20.2. The molecule has 0 aliphatic rings. The van der Waals surface area contributed by atoms with Crippen molar-refractivity contribution in [3.63, 3.8) is 0 Å². The summed E-state index contributed by atoms with van der Waals surface area (Å²) in [4.78, 5) is 59.5. The highest BCUT2D eigenvalue weighted by Crippen LogP contribution is 2.27. The summed E-state index contributed by atoms with van der Waals surface area (Å²) < 4.78 is 63.8. The summed E-state index contributed by atoms with van der Waals surface area (Å²) in [5.74, 6) is 3.02. The summed E-state index contributed by atoms with van der Waals surface area (Å²) in [6, 6.07) is 53.8. The predicted molar refractivity (Wildman–Crippen MR) is 504 cm³/mol. The van der Waals surface area contributed by atoms with Crippen LogP contribution in [0.1, 0.15) is 104 Å². The van der Waals surface area contributed by atoms with Crippen LogP contribution in [0.2, 0.25) is 0 Å². The quantitative estimate of drug-likeness (QED) is 0.0264. The molecule has 32 nitrogen and oxygen atoms in total. The molecule has 12 heterocycles. The maximum Gasteiger partial charge on any atom is 0.224 e. The molecule has 129 heavy (non-hydrogen) atoms. The number of para-hydroxylation sites is 2. The van der Waals surface area contributed by atoms with Gasteiger partial charge in [-0.15, -0.1) is 0 Å². The number of rotatable bonds is 18. The van der Waals surface area contributed by atoms with Gasteiger partial charge in [0.2, 0.25) is 35.7 Å². The van der Waals surface area contributed by atoms with Gasteiger partial charge in [0.15, 0.2) is 5.82 Å². The first-order valence-electron chi connectivity index (χ1n) is 40.5. The number of hydrogen-bond donors (Lipinski definition) is 6. The molecule has 18 aromatic rings. The van der Waals surface area contributed by atoms with Crippen molar-refractivity contribution in [1.29, 1.82) is 0 Å². The number of nitrogens with zero attached hydrogens (tertiary/aromatic N) is 26. The van der Waals surface area contributed by atoms with Gasteiger partial charge in [0.05, 0.1) is 142 Å². The predicted octanol–water partition coefficient (Wildman–Crippen LogP) is 17.7. The van der Waals surface area contributed by atoms with Crippen LogP contribution in [0.4, 0.5) is 53.3 Å². The third kappa shape index (κ3) is 22.7. The minimum absolute atomic E-state index is 0.294. The van der Waals surface area contributed by atoms with E-state index in [0.29, 0.717) is 92.5 Å². The standard InChI is InChI=1S/C16H15F2N5.C16H16FN5.C16H17N5.C15H14FN5.2C15H16N6/c1-9-6-15-14(7-12(9)18)20-16(23(15)3)22-21-10(2)13-5-4-11(17)8-19-13;1-10-4-7-15-14(8-10)19-16(22(15)3)21-20-11(2)13-6-5-12(17)9-18-13;1-11-7-8-15-14(10-11)18-16(21(15)3)20-19-12(2)13-6-4-5-9-17-13;1-10(12-8-7-11(16)9-17-12)19-20-15-18-13-5-3-4-6-14(13)21(15)2;1-10-5-6-13-12(9-10)18-15(21(13)3)20-19-11(2)14-16-7-4-8-17-14;1-10-4-5-14-13(8-10)18-15(21(14)3)20-19-11(2)12-6-7-16-9-17-12/h4-8H,1-3H3,(H,20,22);4-9H,1-3H3,(H,19,21);4-10H,1-3H3,(H,18,20);3-9H,1-2H3,(H,18,20);2*4-9H,1-3H3,(H,18,20)/b21-10+;20-11+;19-12+;19-10+;2*19-11+. The van der Waals surface area contributed by atoms with E-state index in [1.165, 1.54) is 59.7 Å². The highest BCUT2D eigenvalue weighted by atomic mass is 19.1. The smallest absolute Gasteiger partial charge is 0.224 e. The van der Waals surface area contributed by atoms with Gasteiger partial charge in [-0.3, -0.25) is 19.9 Å². The fourth-order valence-electron chi connectivity index (χ4n) is 12.8. The first kappa shape index (κ1) is 90.2. The van der Waals surface area contributed by atoms with E-state index in [-0.39, 0.29) is 17.5 Å². The number of fused-ring (bicyclic) bond motifs is 6. The van der Waals surface area contributed by atoms with E-state index in [1.54, 1.807) is 87.4 Å². The van der Waals surface area contributed by atoms with Crippen LogP contribution >= 0.6 is 0 Å². The second kappa shape index (κ2) is 41.3. The molecule has 0 aliphatic heterocycles. The highest BCUT2D eigenvalue weighted by molar-refractivity contribution is 6.00. The lowest BCUT2D eigenvalue weighted by Gasteiger charge is -2.03. The average molecular weight is 1740 g/mol. The molecule has 654 valence electrons. The molecule has 0 bridgehead atoms. The van der Waals surface area contributed by atoms with E-state index in [9.17, 15) is 17.6 Å². The monoisotopic (exact) mass is 1730 g/mol. The Hall–Kier alpha value is -16.6. The Kier molecular flexibility index (Phi) is 28.9. The lowest BCUT2D eigenvalue weighted by Crippen LogP contribution is -2.06. The van der Waals surface area contributed by atoms with Gasteiger partial charge in [-0.1, -0.05) is 42.5 Å². The third-order valence-corrected chi connectivity index (χ3v) is 20.2. The van der Waals surface area contributed by atoms with Crippen LogP contribution in [0.15, 0.2) is 256 Å². The van der Waals surface area contributed by atoms with E-state index in [2.05, 4.69) is 208 Å². The van der Waals surface area contributed by atoms with Crippen molar-refractivity contribution < 1.29 is 17.6 Å². The van der Waals surface area contributed by atoms with Gasteiger partial charge < -0.3 is 27.4 Å². The molecule has 0 saturated heterocycles. The van der Waals surface area contributed by atoms with Crippen molar-refractivity contribution in [1.82, 2.24) is 97.2 Å². The number of aromatic nitrogens is 20. The number of anilines is 6. The Labute approximate surface area is 739 Å². The minimum atomic E-state index is -0.401. The number of aryl methyl sites for hydroxylation is 11. The Morgan fingerprint density at radius 3 is 0.915 bits per heavy atom. The van der Waals surface area contributed by atoms with Crippen LogP contribution in [-0.4, -0.2) is 131 Å². The second-order valence-electron chi connectivity index (χ2n) is 29.8. The van der Waals surface area contributed by atoms with Gasteiger partial charge in [-0.05, 0) is 231 Å². The first-order chi connectivity index (χ1) is 62.1. The number of imidazole rings is 6. The van der Waals surface area contributed by atoms with Crippen molar-refractivity contribution in [3.8, 4) is 0 Å². The molecular weight excluding hydrogens is 1640 g/mol. The Morgan fingerprint density at radius 2 is 0.581 bits per heavy atom. The fourth-order valence-corrected chi connectivity index (χ4v) is 12.8. The molecule has 0 radical (unpaired) electrons. The summed E-state index contributed by atoms with van der Waals surface area (Å²) in [5, 5.41) is 25.7. The Morgan fingerprint density at radius 1 is 0.271 bits per heavy atom. The summed E-state index contributed by atoms with van der Waals surface area (Å²) in [6.07, 6.45) is 11.8. The molecule has 0 amide bonds. The Bertz CT molecular complexity index is 6840. The normalized spacial score (nSPS) is 11.9. The molecule has 0 saturated carbocycles. The van der Waals surface area contributed by atoms with Gasteiger partial charge in [-0.2, -0.15) is 30.6 Å². The molecular formula is C93H94F4N32. The van der Waals surface area contributed by atoms with E-state index < -0.39 is 5.82 Å². The minimum Gasteiger partial charge on any atom is -0.312 e.